The molecular weight excluding hydrogens is 286 g/mol. The third-order valence-electron chi connectivity index (χ3n) is 3.43. The van der Waals surface area contributed by atoms with Gasteiger partial charge in [0, 0.05) is 24.8 Å². The fourth-order valence-corrected chi connectivity index (χ4v) is 3.38. The zero-order valence-electron chi connectivity index (χ0n) is 13.0. The minimum Gasteiger partial charge on any atom is -0.356 e. The maximum absolute atomic E-state index is 12.3. The number of carbonyl (C=O) groups is 1. The molecule has 116 valence electrons. The van der Waals surface area contributed by atoms with Gasteiger partial charge in [-0.1, -0.05) is 39.5 Å². The molecule has 0 spiro atoms. The number of fused-ring (bicyclic) bond motifs is 1. The molecule has 1 aromatic rings. The third kappa shape index (κ3) is 3.87. The van der Waals surface area contributed by atoms with E-state index in [1.807, 2.05) is 13.8 Å². The fourth-order valence-electron chi connectivity index (χ4n) is 2.22. The van der Waals surface area contributed by atoms with Gasteiger partial charge in [0.25, 0.3) is 5.56 Å². The Bertz CT molecular complexity index is 581. The van der Waals surface area contributed by atoms with Gasteiger partial charge in [-0.25, -0.2) is 4.98 Å². The van der Waals surface area contributed by atoms with Crippen LogP contribution in [0.5, 0.6) is 0 Å². The first-order chi connectivity index (χ1) is 9.88. The van der Waals surface area contributed by atoms with Crippen molar-refractivity contribution in [2.24, 2.45) is 5.92 Å². The Labute approximate surface area is 129 Å². The summed E-state index contributed by atoms with van der Waals surface area (Å²) in [6.07, 6.45) is 0.343. The Morgan fingerprint density at radius 1 is 1.48 bits per heavy atom. The van der Waals surface area contributed by atoms with Crippen LogP contribution in [0.1, 0.15) is 51.8 Å². The summed E-state index contributed by atoms with van der Waals surface area (Å²) < 4.78 is 1.67. The summed E-state index contributed by atoms with van der Waals surface area (Å²) in [5.74, 6) is 1.40. The SMILES string of the molecule is CC(C)CNC(=O)CC1CSc2nc(C(C)C)cc(=O)n21. The minimum absolute atomic E-state index is 0.00184. The van der Waals surface area contributed by atoms with Gasteiger partial charge in [-0.15, -0.1) is 0 Å². The van der Waals surface area contributed by atoms with Crippen LogP contribution in [0.2, 0.25) is 0 Å². The predicted molar refractivity (Wildman–Crippen MR) is 84.8 cm³/mol. The molecule has 1 amide bonds. The lowest BCUT2D eigenvalue weighted by atomic mass is 10.1. The van der Waals surface area contributed by atoms with E-state index in [1.54, 1.807) is 22.4 Å². The average Bonchev–Trinajstić information content (AvgIpc) is 2.80. The molecule has 0 radical (unpaired) electrons. The van der Waals surface area contributed by atoms with E-state index in [0.717, 1.165) is 16.6 Å². The molecule has 0 aromatic carbocycles. The Morgan fingerprint density at radius 3 is 2.81 bits per heavy atom. The highest BCUT2D eigenvalue weighted by Gasteiger charge is 2.27. The lowest BCUT2D eigenvalue weighted by Gasteiger charge is -2.15. The van der Waals surface area contributed by atoms with Crippen LogP contribution in [-0.4, -0.2) is 27.8 Å². The van der Waals surface area contributed by atoms with Crippen LogP contribution < -0.4 is 10.9 Å². The number of aromatic nitrogens is 2. The fraction of sp³-hybridized carbons (Fsp3) is 0.667. The molecule has 0 aliphatic carbocycles. The van der Waals surface area contributed by atoms with Crippen molar-refractivity contribution in [1.29, 1.82) is 0 Å². The molecule has 0 saturated heterocycles. The summed E-state index contributed by atoms with van der Waals surface area (Å²) in [6.45, 7) is 8.83. The standard InChI is InChI=1S/C15H23N3O2S/c1-9(2)7-16-13(19)5-11-8-21-15-17-12(10(3)4)6-14(20)18(11)15/h6,9-11H,5,7-8H2,1-4H3,(H,16,19). The van der Waals surface area contributed by atoms with Gasteiger partial charge in [0.1, 0.15) is 0 Å². The van der Waals surface area contributed by atoms with Gasteiger partial charge in [0.2, 0.25) is 5.91 Å². The topological polar surface area (TPSA) is 64.0 Å². The summed E-state index contributed by atoms with van der Waals surface area (Å²) in [4.78, 5) is 28.8. The van der Waals surface area contributed by atoms with Crippen LogP contribution in [0.15, 0.2) is 16.0 Å². The van der Waals surface area contributed by atoms with E-state index < -0.39 is 0 Å². The van der Waals surface area contributed by atoms with Crippen molar-refractivity contribution in [1.82, 2.24) is 14.9 Å². The molecule has 1 aliphatic heterocycles. The second kappa shape index (κ2) is 6.64. The first-order valence-corrected chi connectivity index (χ1v) is 8.40. The van der Waals surface area contributed by atoms with Gasteiger partial charge in [-0.05, 0) is 11.8 Å². The Morgan fingerprint density at radius 2 is 2.19 bits per heavy atom. The zero-order valence-corrected chi connectivity index (χ0v) is 13.9. The quantitative estimate of drug-likeness (QED) is 0.847. The first kappa shape index (κ1) is 16.1. The number of hydrogen-bond donors (Lipinski definition) is 1. The summed E-state index contributed by atoms with van der Waals surface area (Å²) in [5, 5.41) is 3.65. The van der Waals surface area contributed by atoms with Crippen LogP contribution in [0, 0.1) is 5.92 Å². The number of rotatable bonds is 5. The molecule has 1 N–H and O–H groups in total. The third-order valence-corrected chi connectivity index (χ3v) is 4.53. The molecule has 0 fully saturated rings. The van der Waals surface area contributed by atoms with Crippen molar-refractivity contribution in [3.8, 4) is 0 Å². The number of amides is 1. The zero-order chi connectivity index (χ0) is 15.6. The number of hydrogen-bond acceptors (Lipinski definition) is 4. The van der Waals surface area contributed by atoms with Gasteiger partial charge in [-0.2, -0.15) is 0 Å². The van der Waals surface area contributed by atoms with E-state index >= 15 is 0 Å². The first-order valence-electron chi connectivity index (χ1n) is 7.41. The maximum atomic E-state index is 12.3. The summed E-state index contributed by atoms with van der Waals surface area (Å²) in [7, 11) is 0. The number of thioether (sulfide) groups is 1. The van der Waals surface area contributed by atoms with E-state index in [0.29, 0.717) is 18.9 Å². The van der Waals surface area contributed by atoms with E-state index in [9.17, 15) is 9.59 Å². The summed E-state index contributed by atoms with van der Waals surface area (Å²) in [5.41, 5.74) is 0.777. The number of nitrogens with zero attached hydrogens (tertiary/aromatic N) is 2. The lowest BCUT2D eigenvalue weighted by Crippen LogP contribution is -2.32. The molecule has 5 nitrogen and oxygen atoms in total. The average molecular weight is 309 g/mol. The Hall–Kier alpha value is -1.30. The normalized spacial score (nSPS) is 17.3. The Kier molecular flexibility index (Phi) is 5.08. The van der Waals surface area contributed by atoms with Crippen LogP contribution in [0.25, 0.3) is 0 Å². The van der Waals surface area contributed by atoms with Gasteiger partial charge < -0.3 is 5.32 Å². The van der Waals surface area contributed by atoms with Crippen molar-refractivity contribution in [3.63, 3.8) is 0 Å². The molecule has 2 rings (SSSR count). The van der Waals surface area contributed by atoms with Gasteiger partial charge in [-0.3, -0.25) is 14.2 Å². The lowest BCUT2D eigenvalue weighted by molar-refractivity contribution is -0.121. The van der Waals surface area contributed by atoms with E-state index in [4.69, 9.17) is 0 Å². The molecule has 1 unspecified atom stereocenters. The highest BCUT2D eigenvalue weighted by atomic mass is 32.2. The van der Waals surface area contributed by atoms with Crippen molar-refractivity contribution >= 4 is 17.7 Å². The molecular formula is C15H23N3O2S. The van der Waals surface area contributed by atoms with Crippen LogP contribution in [0.3, 0.4) is 0 Å². The number of carbonyl (C=O) groups excluding carboxylic acids is 1. The predicted octanol–water partition coefficient (Wildman–Crippen LogP) is 2.18. The molecule has 6 heteroatoms. The molecule has 2 heterocycles. The van der Waals surface area contributed by atoms with Gasteiger partial charge in [0.05, 0.1) is 11.7 Å². The van der Waals surface area contributed by atoms with E-state index in [2.05, 4.69) is 24.1 Å². The highest BCUT2D eigenvalue weighted by molar-refractivity contribution is 7.99. The smallest absolute Gasteiger partial charge is 0.254 e. The molecule has 1 atom stereocenters. The second-order valence-corrected chi connectivity index (χ2v) is 7.18. The van der Waals surface area contributed by atoms with Crippen molar-refractivity contribution in [2.75, 3.05) is 12.3 Å². The second-order valence-electron chi connectivity index (χ2n) is 6.19. The van der Waals surface area contributed by atoms with Crippen molar-refractivity contribution < 1.29 is 4.79 Å². The van der Waals surface area contributed by atoms with E-state index in [1.165, 1.54) is 0 Å². The van der Waals surface area contributed by atoms with Crippen LogP contribution in [0.4, 0.5) is 0 Å². The molecule has 0 saturated carbocycles. The number of nitrogens with one attached hydrogen (secondary N) is 1. The monoisotopic (exact) mass is 309 g/mol. The van der Waals surface area contributed by atoms with E-state index in [-0.39, 0.29) is 23.4 Å². The van der Waals surface area contributed by atoms with Crippen LogP contribution >= 0.6 is 11.8 Å². The highest BCUT2D eigenvalue weighted by Crippen LogP contribution is 2.32. The molecule has 1 aliphatic rings. The molecule has 0 bridgehead atoms. The van der Waals surface area contributed by atoms with Crippen molar-refractivity contribution in [2.45, 2.75) is 51.2 Å². The largest absolute Gasteiger partial charge is 0.356 e. The van der Waals surface area contributed by atoms with Crippen molar-refractivity contribution in [3.05, 3.63) is 22.1 Å². The van der Waals surface area contributed by atoms with Crippen LogP contribution in [-0.2, 0) is 4.79 Å². The van der Waals surface area contributed by atoms with Gasteiger partial charge in [0.15, 0.2) is 5.16 Å². The summed E-state index contributed by atoms with van der Waals surface area (Å²) >= 11 is 1.56. The molecule has 21 heavy (non-hydrogen) atoms. The van der Waals surface area contributed by atoms with Gasteiger partial charge >= 0.3 is 0 Å². The maximum Gasteiger partial charge on any atom is 0.254 e. The Balaban J connectivity index is 2.12. The minimum atomic E-state index is -0.0848. The summed E-state index contributed by atoms with van der Waals surface area (Å²) in [6, 6.07) is 1.51. The molecule has 1 aromatic heterocycles.